The van der Waals surface area contributed by atoms with Crippen LogP contribution in [0, 0.1) is 0 Å². The zero-order valence-electron chi connectivity index (χ0n) is 13.4. The normalized spacial score (nSPS) is 18.3. The summed E-state index contributed by atoms with van der Waals surface area (Å²) in [6.45, 7) is 4.68. The second-order valence-electron chi connectivity index (χ2n) is 5.41. The first-order chi connectivity index (χ1) is 10.8. The molecule has 7 nitrogen and oxygen atoms in total. The van der Waals surface area contributed by atoms with Gasteiger partial charge in [-0.15, -0.1) is 0 Å². The molecule has 1 unspecified atom stereocenters. The largest absolute Gasteiger partial charge is 0.497 e. The quantitative estimate of drug-likeness (QED) is 0.369. The summed E-state index contributed by atoms with van der Waals surface area (Å²) in [6.07, 6.45) is 1.37. The third kappa shape index (κ3) is 4.38. The zero-order valence-corrected chi connectivity index (χ0v) is 13.4. The van der Waals surface area contributed by atoms with E-state index in [4.69, 9.17) is 14.2 Å². The third-order valence-corrected chi connectivity index (χ3v) is 2.95. The highest BCUT2D eigenvalue weighted by atomic mass is 16.7. The molecule has 122 valence electrons. The Bertz CT molecular complexity index is 640. The van der Waals surface area contributed by atoms with Crippen LogP contribution in [0.15, 0.2) is 46.1 Å². The van der Waals surface area contributed by atoms with Gasteiger partial charge in [-0.05, 0) is 37.3 Å². The van der Waals surface area contributed by atoms with E-state index < -0.39 is 23.8 Å². The van der Waals surface area contributed by atoms with Gasteiger partial charge < -0.3 is 14.2 Å². The van der Waals surface area contributed by atoms with Crippen molar-refractivity contribution in [3.8, 4) is 5.75 Å². The molecule has 1 aliphatic heterocycles. The molecule has 1 heterocycles. The third-order valence-electron chi connectivity index (χ3n) is 2.95. The molecule has 1 saturated heterocycles. The Morgan fingerprint density at radius 1 is 1.13 bits per heavy atom. The zero-order chi connectivity index (χ0) is 17.0. The van der Waals surface area contributed by atoms with Gasteiger partial charge in [-0.1, -0.05) is 0 Å². The van der Waals surface area contributed by atoms with Crippen LogP contribution >= 0.6 is 0 Å². The molecule has 0 spiro atoms. The summed E-state index contributed by atoms with van der Waals surface area (Å²) in [5.41, 5.74) is 0.455. The van der Waals surface area contributed by atoms with E-state index in [-0.39, 0.29) is 5.57 Å². The maximum atomic E-state index is 11.8. The predicted octanol–water partition coefficient (Wildman–Crippen LogP) is 2.93. The SMILES string of the molecule is COc1ccc(N=NC(C)C=C2C(=O)OC(C)(C)OC2=O)cc1. The van der Waals surface area contributed by atoms with Gasteiger partial charge in [0.1, 0.15) is 11.3 Å². The van der Waals surface area contributed by atoms with Gasteiger partial charge in [0.25, 0.3) is 5.79 Å². The molecule has 7 heteroatoms. The molecule has 0 amide bonds. The van der Waals surface area contributed by atoms with Crippen molar-refractivity contribution in [1.82, 2.24) is 0 Å². The number of rotatable bonds is 4. The van der Waals surface area contributed by atoms with Crippen molar-refractivity contribution >= 4 is 17.6 Å². The average Bonchev–Trinajstić information content (AvgIpc) is 2.48. The molecule has 0 bridgehead atoms. The summed E-state index contributed by atoms with van der Waals surface area (Å²) < 4.78 is 15.1. The number of hydrogen-bond acceptors (Lipinski definition) is 7. The van der Waals surface area contributed by atoms with Crippen molar-refractivity contribution < 1.29 is 23.8 Å². The lowest BCUT2D eigenvalue weighted by atomic mass is 10.1. The molecular formula is C16H18N2O5. The number of azo groups is 1. The minimum Gasteiger partial charge on any atom is -0.497 e. The summed E-state index contributed by atoms with van der Waals surface area (Å²) in [5, 5.41) is 8.09. The molecule has 0 radical (unpaired) electrons. The van der Waals surface area contributed by atoms with Crippen molar-refractivity contribution in [3.05, 3.63) is 35.9 Å². The van der Waals surface area contributed by atoms with E-state index in [9.17, 15) is 9.59 Å². The van der Waals surface area contributed by atoms with Crippen LogP contribution in [-0.4, -0.2) is 30.9 Å². The highest BCUT2D eigenvalue weighted by Crippen LogP contribution is 2.23. The van der Waals surface area contributed by atoms with Gasteiger partial charge in [0, 0.05) is 13.8 Å². The van der Waals surface area contributed by atoms with Crippen LogP contribution in [0.2, 0.25) is 0 Å². The number of nitrogens with zero attached hydrogens (tertiary/aromatic N) is 2. The van der Waals surface area contributed by atoms with E-state index in [0.29, 0.717) is 5.69 Å². The maximum absolute atomic E-state index is 11.8. The van der Waals surface area contributed by atoms with E-state index in [0.717, 1.165) is 5.75 Å². The summed E-state index contributed by atoms with van der Waals surface area (Å²) in [4.78, 5) is 23.6. The van der Waals surface area contributed by atoms with Crippen molar-refractivity contribution in [3.63, 3.8) is 0 Å². The Kier molecular flexibility index (Phi) is 4.78. The van der Waals surface area contributed by atoms with Crippen LogP contribution in [0.1, 0.15) is 20.8 Å². The molecule has 1 aliphatic rings. The van der Waals surface area contributed by atoms with Crippen LogP contribution in [-0.2, 0) is 19.1 Å². The lowest BCUT2D eigenvalue weighted by Crippen LogP contribution is -2.42. The molecule has 2 rings (SSSR count). The fraction of sp³-hybridized carbons (Fsp3) is 0.375. The number of methoxy groups -OCH3 is 1. The second-order valence-corrected chi connectivity index (χ2v) is 5.41. The van der Waals surface area contributed by atoms with Gasteiger partial charge in [0.15, 0.2) is 0 Å². The van der Waals surface area contributed by atoms with E-state index in [1.807, 2.05) is 0 Å². The van der Waals surface area contributed by atoms with Crippen LogP contribution in [0.3, 0.4) is 0 Å². The van der Waals surface area contributed by atoms with Crippen molar-refractivity contribution in [2.45, 2.75) is 32.6 Å². The van der Waals surface area contributed by atoms with E-state index in [2.05, 4.69) is 10.2 Å². The van der Waals surface area contributed by atoms with Crippen molar-refractivity contribution in [1.29, 1.82) is 0 Å². The monoisotopic (exact) mass is 318 g/mol. The molecule has 1 fully saturated rings. The lowest BCUT2D eigenvalue weighted by Gasteiger charge is -2.29. The number of ether oxygens (including phenoxy) is 3. The summed E-state index contributed by atoms with van der Waals surface area (Å²) in [6, 6.07) is 6.51. The minimum atomic E-state index is -1.25. The van der Waals surface area contributed by atoms with Crippen LogP contribution in [0.4, 0.5) is 5.69 Å². The number of esters is 2. The van der Waals surface area contributed by atoms with Gasteiger partial charge in [-0.25, -0.2) is 9.59 Å². The van der Waals surface area contributed by atoms with Gasteiger partial charge in [-0.3, -0.25) is 0 Å². The second kappa shape index (κ2) is 6.60. The maximum Gasteiger partial charge on any atom is 0.348 e. The molecular weight excluding hydrogens is 300 g/mol. The molecule has 0 aliphatic carbocycles. The van der Waals surface area contributed by atoms with E-state index in [1.165, 1.54) is 19.9 Å². The van der Waals surface area contributed by atoms with Crippen molar-refractivity contribution in [2.75, 3.05) is 7.11 Å². The van der Waals surface area contributed by atoms with E-state index in [1.54, 1.807) is 38.3 Å². The number of carbonyl (C=O) groups is 2. The molecule has 1 aromatic rings. The van der Waals surface area contributed by atoms with Gasteiger partial charge in [-0.2, -0.15) is 10.2 Å². The topological polar surface area (TPSA) is 86.6 Å². The number of cyclic esters (lactones) is 2. The first-order valence-electron chi connectivity index (χ1n) is 7.04. The smallest absolute Gasteiger partial charge is 0.348 e. The molecule has 1 atom stereocenters. The standard InChI is InChI=1S/C16H18N2O5/c1-10(17-18-11-5-7-12(21-4)8-6-11)9-13-14(19)22-16(2,3)23-15(13)20/h5-10H,1-4H3. The summed E-state index contributed by atoms with van der Waals surface area (Å²) >= 11 is 0. The summed E-state index contributed by atoms with van der Waals surface area (Å²) in [5.74, 6) is -1.98. The Morgan fingerprint density at radius 3 is 2.22 bits per heavy atom. The highest BCUT2D eigenvalue weighted by Gasteiger charge is 2.39. The fourth-order valence-corrected chi connectivity index (χ4v) is 1.88. The first-order valence-corrected chi connectivity index (χ1v) is 7.04. The van der Waals surface area contributed by atoms with Crippen molar-refractivity contribution in [2.24, 2.45) is 10.2 Å². The van der Waals surface area contributed by atoms with Gasteiger partial charge >= 0.3 is 11.9 Å². The average molecular weight is 318 g/mol. The molecule has 1 aromatic carbocycles. The molecule has 0 aromatic heterocycles. The number of carbonyl (C=O) groups excluding carboxylic acids is 2. The molecule has 23 heavy (non-hydrogen) atoms. The Morgan fingerprint density at radius 2 is 1.70 bits per heavy atom. The Balaban J connectivity index is 2.08. The van der Waals surface area contributed by atoms with Crippen LogP contribution < -0.4 is 4.74 Å². The predicted molar refractivity (Wildman–Crippen MR) is 81.3 cm³/mol. The molecule has 0 saturated carbocycles. The fourth-order valence-electron chi connectivity index (χ4n) is 1.88. The first kappa shape index (κ1) is 16.7. The Hall–Kier alpha value is -2.70. The highest BCUT2D eigenvalue weighted by molar-refractivity contribution is 6.15. The molecule has 0 N–H and O–H groups in total. The van der Waals surface area contributed by atoms with Gasteiger partial charge in [0.05, 0.1) is 18.8 Å². The minimum absolute atomic E-state index is 0.175. The van der Waals surface area contributed by atoms with Crippen LogP contribution in [0.25, 0.3) is 0 Å². The van der Waals surface area contributed by atoms with E-state index >= 15 is 0 Å². The van der Waals surface area contributed by atoms with Crippen LogP contribution in [0.5, 0.6) is 5.75 Å². The number of hydrogen-bond donors (Lipinski definition) is 0. The Labute approximate surface area is 133 Å². The van der Waals surface area contributed by atoms with Gasteiger partial charge in [0.2, 0.25) is 0 Å². The number of benzene rings is 1. The summed E-state index contributed by atoms with van der Waals surface area (Å²) in [7, 11) is 1.58. The lowest BCUT2D eigenvalue weighted by molar-refractivity contribution is -0.222.